The van der Waals surface area contributed by atoms with Crippen molar-refractivity contribution in [3.05, 3.63) is 59.1 Å². The number of hydrogen-bond donors (Lipinski definition) is 2. The number of hydrogen-bond acceptors (Lipinski definition) is 3. The van der Waals surface area contributed by atoms with E-state index in [1.54, 1.807) is 36.4 Å². The Bertz CT molecular complexity index is 792. The molecule has 0 bridgehead atoms. The SMILES string of the molecule is Cc1ccc(NC(=O)NCCS(=O)(=O)c2ccccc2)cc1Cl. The molecule has 0 saturated carbocycles. The summed E-state index contributed by atoms with van der Waals surface area (Å²) in [5.74, 6) is -0.168. The smallest absolute Gasteiger partial charge is 0.319 e. The van der Waals surface area contributed by atoms with Crippen LogP contribution in [0.5, 0.6) is 0 Å². The zero-order chi connectivity index (χ0) is 16.9. The van der Waals surface area contributed by atoms with Gasteiger partial charge in [0.1, 0.15) is 0 Å². The molecule has 0 aliphatic heterocycles. The lowest BCUT2D eigenvalue weighted by atomic mass is 10.2. The van der Waals surface area contributed by atoms with Gasteiger partial charge in [0.05, 0.1) is 10.6 Å². The first-order valence-corrected chi connectivity index (χ1v) is 9.00. The predicted octanol–water partition coefficient (Wildman–Crippen LogP) is 3.24. The summed E-state index contributed by atoms with van der Waals surface area (Å²) in [6, 6.07) is 12.8. The first kappa shape index (κ1) is 17.3. The summed E-state index contributed by atoms with van der Waals surface area (Å²) in [6.45, 7) is 1.88. The predicted molar refractivity (Wildman–Crippen MR) is 91.7 cm³/mol. The van der Waals surface area contributed by atoms with Gasteiger partial charge < -0.3 is 10.6 Å². The summed E-state index contributed by atoms with van der Waals surface area (Å²) in [7, 11) is -3.40. The second-order valence-corrected chi connectivity index (χ2v) is 7.49. The van der Waals surface area contributed by atoms with Gasteiger partial charge in [0.2, 0.25) is 0 Å². The number of carbonyl (C=O) groups is 1. The fourth-order valence-corrected chi connectivity index (χ4v) is 3.25. The number of sulfone groups is 1. The highest BCUT2D eigenvalue weighted by Crippen LogP contribution is 2.19. The van der Waals surface area contributed by atoms with Crippen molar-refractivity contribution in [2.24, 2.45) is 0 Å². The quantitative estimate of drug-likeness (QED) is 0.867. The minimum atomic E-state index is -3.40. The third kappa shape index (κ3) is 4.97. The van der Waals surface area contributed by atoms with Crippen molar-refractivity contribution in [3.8, 4) is 0 Å². The maximum Gasteiger partial charge on any atom is 0.319 e. The number of nitrogens with one attached hydrogen (secondary N) is 2. The van der Waals surface area contributed by atoms with Crippen LogP contribution in [0.2, 0.25) is 5.02 Å². The van der Waals surface area contributed by atoms with Crippen LogP contribution in [0.4, 0.5) is 10.5 Å². The molecule has 2 N–H and O–H groups in total. The number of anilines is 1. The lowest BCUT2D eigenvalue weighted by molar-refractivity contribution is 0.252. The van der Waals surface area contributed by atoms with E-state index in [1.807, 2.05) is 6.92 Å². The maximum atomic E-state index is 12.1. The van der Waals surface area contributed by atoms with Crippen molar-refractivity contribution in [1.82, 2.24) is 5.32 Å². The molecule has 2 aromatic carbocycles. The Labute approximate surface area is 140 Å². The number of amides is 2. The molecular formula is C16H17ClN2O3S. The molecule has 0 saturated heterocycles. The number of rotatable bonds is 5. The normalized spacial score (nSPS) is 11.0. The molecule has 0 spiro atoms. The Morgan fingerprint density at radius 1 is 1.13 bits per heavy atom. The Balaban J connectivity index is 1.86. The summed E-state index contributed by atoms with van der Waals surface area (Å²) in [5.41, 5.74) is 1.45. The van der Waals surface area contributed by atoms with Crippen LogP contribution < -0.4 is 10.6 Å². The van der Waals surface area contributed by atoms with Crippen molar-refractivity contribution in [2.75, 3.05) is 17.6 Å². The summed E-state index contributed by atoms with van der Waals surface area (Å²) >= 11 is 5.98. The van der Waals surface area contributed by atoms with Gasteiger partial charge in [0.15, 0.2) is 9.84 Å². The Hall–Kier alpha value is -2.05. The molecule has 122 valence electrons. The molecule has 23 heavy (non-hydrogen) atoms. The van der Waals surface area contributed by atoms with Crippen molar-refractivity contribution in [2.45, 2.75) is 11.8 Å². The largest absolute Gasteiger partial charge is 0.337 e. The van der Waals surface area contributed by atoms with Crippen LogP contribution in [-0.4, -0.2) is 26.7 Å². The molecule has 0 aliphatic carbocycles. The van der Waals surface area contributed by atoms with Crippen molar-refractivity contribution in [1.29, 1.82) is 0 Å². The van der Waals surface area contributed by atoms with Crippen LogP contribution in [0, 0.1) is 6.92 Å². The fourth-order valence-electron chi connectivity index (χ4n) is 1.89. The minimum absolute atomic E-state index is 0.0165. The highest BCUT2D eigenvalue weighted by atomic mass is 35.5. The van der Waals surface area contributed by atoms with E-state index in [1.165, 1.54) is 12.1 Å². The highest BCUT2D eigenvalue weighted by Gasteiger charge is 2.14. The van der Waals surface area contributed by atoms with Crippen molar-refractivity contribution < 1.29 is 13.2 Å². The van der Waals surface area contributed by atoms with Gasteiger partial charge in [-0.2, -0.15) is 0 Å². The number of urea groups is 1. The Morgan fingerprint density at radius 3 is 2.48 bits per heavy atom. The van der Waals surface area contributed by atoms with E-state index in [2.05, 4.69) is 10.6 Å². The second-order valence-electron chi connectivity index (χ2n) is 4.98. The molecule has 0 atom stereocenters. The lowest BCUT2D eigenvalue weighted by Crippen LogP contribution is -2.32. The molecule has 0 heterocycles. The molecule has 0 fully saturated rings. The number of benzene rings is 2. The van der Waals surface area contributed by atoms with E-state index in [4.69, 9.17) is 11.6 Å². The van der Waals surface area contributed by atoms with Crippen LogP contribution in [0.15, 0.2) is 53.4 Å². The number of aryl methyl sites for hydroxylation is 1. The topological polar surface area (TPSA) is 75.3 Å². The van der Waals surface area contributed by atoms with Gasteiger partial charge >= 0.3 is 6.03 Å². The van der Waals surface area contributed by atoms with Gasteiger partial charge in [-0.3, -0.25) is 0 Å². The molecule has 2 rings (SSSR count). The van der Waals surface area contributed by atoms with Crippen molar-refractivity contribution >= 4 is 33.2 Å². The van der Waals surface area contributed by atoms with Gasteiger partial charge in [0, 0.05) is 17.3 Å². The lowest BCUT2D eigenvalue weighted by Gasteiger charge is -2.09. The van der Waals surface area contributed by atoms with Crippen molar-refractivity contribution in [3.63, 3.8) is 0 Å². The summed E-state index contributed by atoms with van der Waals surface area (Å²) in [4.78, 5) is 12.0. The Morgan fingerprint density at radius 2 is 1.83 bits per heavy atom. The zero-order valence-corrected chi connectivity index (χ0v) is 14.1. The Kier molecular flexibility index (Phi) is 5.63. The summed E-state index contributed by atoms with van der Waals surface area (Å²) in [6.07, 6.45) is 0. The van der Waals surface area contributed by atoms with E-state index >= 15 is 0 Å². The van der Waals surface area contributed by atoms with Crippen LogP contribution in [0.25, 0.3) is 0 Å². The third-order valence-corrected chi connectivity index (χ3v) is 5.33. The standard InChI is InChI=1S/C16H17ClN2O3S/c1-12-7-8-13(11-15(12)17)19-16(20)18-9-10-23(21,22)14-5-3-2-4-6-14/h2-8,11H,9-10H2,1H3,(H2,18,19,20). The van der Waals surface area contributed by atoms with Gasteiger partial charge in [-0.05, 0) is 36.8 Å². The second kappa shape index (κ2) is 7.48. The average molecular weight is 353 g/mol. The van der Waals surface area contributed by atoms with Gasteiger partial charge in [-0.1, -0.05) is 35.9 Å². The van der Waals surface area contributed by atoms with Crippen LogP contribution >= 0.6 is 11.6 Å². The third-order valence-electron chi connectivity index (χ3n) is 3.19. The van der Waals surface area contributed by atoms with Gasteiger partial charge in [0.25, 0.3) is 0 Å². The molecule has 0 unspecified atom stereocenters. The molecular weight excluding hydrogens is 336 g/mol. The van der Waals surface area contributed by atoms with E-state index in [-0.39, 0.29) is 17.2 Å². The summed E-state index contributed by atoms with van der Waals surface area (Å²) < 4.78 is 24.1. The zero-order valence-electron chi connectivity index (χ0n) is 12.5. The average Bonchev–Trinajstić information content (AvgIpc) is 2.52. The number of halogens is 1. The molecule has 2 amide bonds. The monoisotopic (exact) mass is 352 g/mol. The van der Waals surface area contributed by atoms with E-state index in [0.717, 1.165) is 5.56 Å². The first-order chi connectivity index (χ1) is 10.9. The molecule has 0 radical (unpaired) electrons. The van der Waals surface area contributed by atoms with E-state index < -0.39 is 15.9 Å². The fraction of sp³-hybridized carbons (Fsp3) is 0.188. The van der Waals surface area contributed by atoms with E-state index in [0.29, 0.717) is 10.7 Å². The van der Waals surface area contributed by atoms with E-state index in [9.17, 15) is 13.2 Å². The highest BCUT2D eigenvalue weighted by molar-refractivity contribution is 7.91. The molecule has 7 heteroatoms. The number of carbonyl (C=O) groups excluding carboxylic acids is 1. The molecule has 0 aromatic heterocycles. The van der Waals surface area contributed by atoms with Gasteiger partial charge in [-0.15, -0.1) is 0 Å². The van der Waals surface area contributed by atoms with Gasteiger partial charge in [-0.25, -0.2) is 13.2 Å². The van der Waals surface area contributed by atoms with Crippen LogP contribution in [-0.2, 0) is 9.84 Å². The van der Waals surface area contributed by atoms with Crippen LogP contribution in [0.3, 0.4) is 0 Å². The molecule has 5 nitrogen and oxygen atoms in total. The summed E-state index contributed by atoms with van der Waals surface area (Å²) in [5, 5.41) is 5.68. The van der Waals surface area contributed by atoms with Crippen LogP contribution in [0.1, 0.15) is 5.56 Å². The first-order valence-electron chi connectivity index (χ1n) is 6.97. The molecule has 2 aromatic rings. The molecule has 0 aliphatic rings. The minimum Gasteiger partial charge on any atom is -0.337 e. The maximum absolute atomic E-state index is 12.1.